The number of aromatic nitrogens is 6. The van der Waals surface area contributed by atoms with Crippen LogP contribution in [-0.4, -0.2) is 29.1 Å². The zero-order chi connectivity index (χ0) is 41.4. The van der Waals surface area contributed by atoms with Gasteiger partial charge in [0.2, 0.25) is 0 Å². The molecule has 0 saturated carbocycles. The van der Waals surface area contributed by atoms with E-state index in [9.17, 15) is 0 Å². The molecule has 11 aromatic rings. The molecule has 292 valence electrons. The van der Waals surface area contributed by atoms with Gasteiger partial charge in [0.15, 0.2) is 17.5 Å². The maximum Gasteiger partial charge on any atom is 0.182 e. The summed E-state index contributed by atoms with van der Waals surface area (Å²) in [5.74, 6) is 1.56. The summed E-state index contributed by atoms with van der Waals surface area (Å²) in [5.41, 5.74) is 12.5. The Labute approximate surface area is 358 Å². The SMILES string of the molecule is C=C/C=C\C=C\c1nc(-c2cc(-c3ccccc3)c(-n3c4ccccc4c4ccc5c(c6ccccc6n5-c5ccccc5)c43)c(-c3ccccc3)c2)nc(-c2ccccn2)n1. The van der Waals surface area contributed by atoms with E-state index in [1.807, 2.05) is 42.5 Å². The lowest BCUT2D eigenvalue weighted by molar-refractivity contribution is 1.03. The Hall–Kier alpha value is -8.48. The highest BCUT2D eigenvalue weighted by molar-refractivity contribution is 6.26. The van der Waals surface area contributed by atoms with Crippen molar-refractivity contribution in [3.05, 3.63) is 225 Å². The lowest BCUT2D eigenvalue weighted by atomic mass is 9.92. The second-order valence-corrected chi connectivity index (χ2v) is 15.1. The van der Waals surface area contributed by atoms with Crippen LogP contribution in [0.5, 0.6) is 0 Å². The van der Waals surface area contributed by atoms with Crippen molar-refractivity contribution < 1.29 is 0 Å². The van der Waals surface area contributed by atoms with Gasteiger partial charge in [-0.1, -0.05) is 158 Å². The molecule has 0 fully saturated rings. The van der Waals surface area contributed by atoms with Crippen LogP contribution in [0.25, 0.3) is 106 Å². The largest absolute Gasteiger partial charge is 0.309 e. The highest BCUT2D eigenvalue weighted by Gasteiger charge is 2.25. The lowest BCUT2D eigenvalue weighted by Gasteiger charge is -2.21. The topological polar surface area (TPSA) is 61.4 Å². The predicted octanol–water partition coefficient (Wildman–Crippen LogP) is 13.9. The van der Waals surface area contributed by atoms with E-state index in [2.05, 4.69) is 184 Å². The number of rotatable bonds is 9. The molecular weight excluding hydrogens is 757 g/mol. The van der Waals surface area contributed by atoms with Gasteiger partial charge in [0, 0.05) is 50.1 Å². The third-order valence-electron chi connectivity index (χ3n) is 11.4. The van der Waals surface area contributed by atoms with E-state index < -0.39 is 0 Å². The fourth-order valence-electron chi connectivity index (χ4n) is 8.77. The van der Waals surface area contributed by atoms with E-state index in [1.54, 1.807) is 12.3 Å². The molecule has 62 heavy (non-hydrogen) atoms. The number of hydrogen-bond acceptors (Lipinski definition) is 4. The molecule has 4 aromatic heterocycles. The number of allylic oxidation sites excluding steroid dienone is 4. The first-order chi connectivity index (χ1) is 30.7. The van der Waals surface area contributed by atoms with E-state index in [0.29, 0.717) is 23.2 Å². The van der Waals surface area contributed by atoms with Gasteiger partial charge >= 0.3 is 0 Å². The zero-order valence-corrected chi connectivity index (χ0v) is 33.7. The van der Waals surface area contributed by atoms with Gasteiger partial charge in [-0.15, -0.1) is 0 Å². The van der Waals surface area contributed by atoms with E-state index in [-0.39, 0.29) is 0 Å². The fraction of sp³-hybridized carbons (Fsp3) is 0. The van der Waals surface area contributed by atoms with Crippen LogP contribution >= 0.6 is 0 Å². The van der Waals surface area contributed by atoms with Gasteiger partial charge in [0.05, 0.1) is 27.8 Å². The van der Waals surface area contributed by atoms with Crippen molar-refractivity contribution in [2.24, 2.45) is 0 Å². The summed E-state index contributed by atoms with van der Waals surface area (Å²) in [6.07, 6.45) is 11.1. The zero-order valence-electron chi connectivity index (χ0n) is 33.7. The number of pyridine rings is 1. The van der Waals surface area contributed by atoms with Gasteiger partial charge in [-0.25, -0.2) is 15.0 Å². The second-order valence-electron chi connectivity index (χ2n) is 15.1. The lowest BCUT2D eigenvalue weighted by Crippen LogP contribution is -2.04. The van der Waals surface area contributed by atoms with Crippen molar-refractivity contribution in [3.63, 3.8) is 0 Å². The quantitative estimate of drug-likeness (QED) is 0.137. The van der Waals surface area contributed by atoms with Crippen LogP contribution in [0, 0.1) is 0 Å². The summed E-state index contributed by atoms with van der Waals surface area (Å²) in [4.78, 5) is 19.7. The molecule has 0 unspecified atom stereocenters. The number of benzene rings is 7. The summed E-state index contributed by atoms with van der Waals surface area (Å²) in [5, 5.41) is 4.75. The molecule has 6 nitrogen and oxygen atoms in total. The number of hydrogen-bond donors (Lipinski definition) is 0. The van der Waals surface area contributed by atoms with Gasteiger partial charge in [0.25, 0.3) is 0 Å². The summed E-state index contributed by atoms with van der Waals surface area (Å²) < 4.78 is 4.90. The van der Waals surface area contributed by atoms with Gasteiger partial charge in [-0.3, -0.25) is 4.98 Å². The Kier molecular flexibility index (Phi) is 9.21. The molecule has 0 radical (unpaired) electrons. The molecular formula is C56H38N6. The van der Waals surface area contributed by atoms with Crippen molar-refractivity contribution in [3.8, 4) is 56.5 Å². The normalized spacial score (nSPS) is 11.8. The smallest absolute Gasteiger partial charge is 0.182 e. The van der Waals surface area contributed by atoms with Crippen molar-refractivity contribution in [2.45, 2.75) is 0 Å². The van der Waals surface area contributed by atoms with Gasteiger partial charge < -0.3 is 9.13 Å². The Bertz CT molecular complexity index is 3450. The average Bonchev–Trinajstić information content (AvgIpc) is 3.86. The van der Waals surface area contributed by atoms with Crippen LogP contribution in [-0.2, 0) is 0 Å². The Balaban J connectivity index is 1.29. The van der Waals surface area contributed by atoms with Gasteiger partial charge in [0.1, 0.15) is 5.69 Å². The molecule has 4 heterocycles. The Morgan fingerprint density at radius 2 is 1.06 bits per heavy atom. The summed E-state index contributed by atoms with van der Waals surface area (Å²) in [7, 11) is 0. The van der Waals surface area contributed by atoms with Gasteiger partial charge in [-0.2, -0.15) is 0 Å². The minimum Gasteiger partial charge on any atom is -0.309 e. The van der Waals surface area contributed by atoms with Crippen molar-refractivity contribution in [2.75, 3.05) is 0 Å². The van der Waals surface area contributed by atoms with E-state index in [4.69, 9.17) is 15.0 Å². The Morgan fingerprint density at radius 1 is 0.452 bits per heavy atom. The van der Waals surface area contributed by atoms with Crippen molar-refractivity contribution in [1.82, 2.24) is 29.1 Å². The van der Waals surface area contributed by atoms with Crippen LogP contribution in [0.1, 0.15) is 5.82 Å². The van der Waals surface area contributed by atoms with Crippen LogP contribution < -0.4 is 0 Å². The van der Waals surface area contributed by atoms with Gasteiger partial charge in [-0.05, 0) is 71.8 Å². The molecule has 11 rings (SSSR count). The third-order valence-corrected chi connectivity index (χ3v) is 11.4. The second kappa shape index (κ2) is 15.6. The maximum absolute atomic E-state index is 5.12. The molecule has 0 aliphatic heterocycles. The number of fused-ring (bicyclic) bond motifs is 7. The molecule has 7 aromatic carbocycles. The highest BCUT2D eigenvalue weighted by Crippen LogP contribution is 2.47. The van der Waals surface area contributed by atoms with Crippen LogP contribution in [0.3, 0.4) is 0 Å². The predicted molar refractivity (Wildman–Crippen MR) is 256 cm³/mol. The van der Waals surface area contributed by atoms with Crippen molar-refractivity contribution in [1.29, 1.82) is 0 Å². The fourth-order valence-corrected chi connectivity index (χ4v) is 8.77. The molecule has 0 spiro atoms. The first-order valence-corrected chi connectivity index (χ1v) is 20.7. The summed E-state index contributed by atoms with van der Waals surface area (Å²) >= 11 is 0. The average molecular weight is 795 g/mol. The first kappa shape index (κ1) is 36.6. The number of para-hydroxylation sites is 3. The molecule has 0 bridgehead atoms. The van der Waals surface area contributed by atoms with Crippen molar-refractivity contribution >= 4 is 49.7 Å². The molecule has 6 heteroatoms. The standard InChI is InChI=1S/C56H38N6/c1-2-3-4-14-32-51-58-55(60-56(59-51)47-29-19-20-35-57-47)40-36-45(38-21-8-5-9-22-38)53(46(37-40)39-23-10-6-11-24-39)62-48-30-17-15-27-42(48)43-33-34-50-52(54(43)62)44-28-16-18-31-49(44)61(50)41-25-12-7-13-26-41/h2-37H,1H2/b4-3-,32-14+. The molecule has 0 amide bonds. The maximum atomic E-state index is 5.12. The highest BCUT2D eigenvalue weighted by atomic mass is 15.0. The van der Waals surface area contributed by atoms with E-state index in [1.165, 1.54) is 21.5 Å². The first-order valence-electron chi connectivity index (χ1n) is 20.7. The molecule has 0 N–H and O–H groups in total. The minimum atomic E-state index is 0.495. The summed E-state index contributed by atoms with van der Waals surface area (Å²) in [6, 6.07) is 64.4. The van der Waals surface area contributed by atoms with E-state index >= 15 is 0 Å². The minimum absolute atomic E-state index is 0.495. The number of nitrogens with zero attached hydrogens (tertiary/aromatic N) is 6. The third kappa shape index (κ3) is 6.30. The molecule has 0 aliphatic rings. The van der Waals surface area contributed by atoms with Crippen LogP contribution in [0.15, 0.2) is 219 Å². The van der Waals surface area contributed by atoms with Crippen LogP contribution in [0.4, 0.5) is 0 Å². The molecule has 0 saturated heterocycles. The molecule has 0 aliphatic carbocycles. The summed E-state index contributed by atoms with van der Waals surface area (Å²) in [6.45, 7) is 3.81. The van der Waals surface area contributed by atoms with E-state index in [0.717, 1.165) is 61.3 Å². The monoisotopic (exact) mass is 794 g/mol. The Morgan fingerprint density at radius 3 is 1.74 bits per heavy atom. The molecule has 0 atom stereocenters. The van der Waals surface area contributed by atoms with Crippen LogP contribution in [0.2, 0.25) is 0 Å².